The summed E-state index contributed by atoms with van der Waals surface area (Å²) in [5.74, 6) is 1.34. The molecule has 0 bridgehead atoms. The molecule has 4 heteroatoms. The average molecular weight is 483 g/mol. The van der Waals surface area contributed by atoms with Gasteiger partial charge in [0.2, 0.25) is 0 Å². The maximum Gasteiger partial charge on any atom is 0.123 e. The van der Waals surface area contributed by atoms with Gasteiger partial charge in [0, 0.05) is 9.58 Å². The number of fused-ring (bicyclic) bond motifs is 1. The molecule has 0 spiro atoms. The van der Waals surface area contributed by atoms with E-state index >= 15 is 0 Å². The first-order valence-electron chi connectivity index (χ1n) is 11.9. The summed E-state index contributed by atoms with van der Waals surface area (Å²) in [7, 11) is 0. The molecule has 0 fully saturated rings. The number of halogens is 1. The Kier molecular flexibility index (Phi) is 7.10. The molecule has 0 atom stereocenters. The molecule has 1 aromatic heterocycles. The minimum absolute atomic E-state index is 0.262. The lowest BCUT2D eigenvalue weighted by atomic mass is 10.0. The van der Waals surface area contributed by atoms with Crippen molar-refractivity contribution in [2.75, 3.05) is 6.61 Å². The van der Waals surface area contributed by atoms with Crippen molar-refractivity contribution in [3.63, 3.8) is 0 Å². The molecule has 0 aliphatic rings. The van der Waals surface area contributed by atoms with Gasteiger partial charge in [0.25, 0.3) is 0 Å². The van der Waals surface area contributed by atoms with E-state index < -0.39 is 0 Å². The highest BCUT2D eigenvalue weighted by molar-refractivity contribution is 7.22. The van der Waals surface area contributed by atoms with E-state index in [4.69, 9.17) is 9.47 Å². The van der Waals surface area contributed by atoms with E-state index in [0.717, 1.165) is 36.3 Å². The van der Waals surface area contributed by atoms with Crippen molar-refractivity contribution in [1.82, 2.24) is 0 Å². The standard InChI is InChI=1S/C31H27FO2S/c1-2-3-18-33-29-15-12-26-19-30(35-31(26)20-29)25-10-8-24(9-11-25)23-6-4-22(5-7-23)21-34-28-16-13-27(32)14-17-28/h4-17,19-20H,2-3,18,21H2,1H3. The van der Waals surface area contributed by atoms with Gasteiger partial charge in [0.05, 0.1) is 6.61 Å². The van der Waals surface area contributed by atoms with Crippen LogP contribution in [0.25, 0.3) is 31.7 Å². The Labute approximate surface area is 209 Å². The molecular formula is C31H27FO2S. The Morgan fingerprint density at radius 1 is 0.686 bits per heavy atom. The van der Waals surface area contributed by atoms with E-state index in [1.165, 1.54) is 38.2 Å². The van der Waals surface area contributed by atoms with E-state index in [-0.39, 0.29) is 5.82 Å². The summed E-state index contributed by atoms with van der Waals surface area (Å²) in [6.07, 6.45) is 2.21. The van der Waals surface area contributed by atoms with Crippen LogP contribution in [0.3, 0.4) is 0 Å². The zero-order chi connectivity index (χ0) is 24.0. The first-order chi connectivity index (χ1) is 17.2. The SMILES string of the molecule is CCCCOc1ccc2cc(-c3ccc(-c4ccc(COc5ccc(F)cc5)cc4)cc3)sc2c1. The molecular weight excluding hydrogens is 455 g/mol. The largest absolute Gasteiger partial charge is 0.494 e. The third kappa shape index (κ3) is 5.72. The van der Waals surface area contributed by atoms with Gasteiger partial charge >= 0.3 is 0 Å². The van der Waals surface area contributed by atoms with E-state index in [0.29, 0.717) is 12.4 Å². The van der Waals surface area contributed by atoms with Gasteiger partial charge in [-0.3, -0.25) is 0 Å². The summed E-state index contributed by atoms with van der Waals surface area (Å²) in [6, 6.07) is 31.8. The number of hydrogen-bond donors (Lipinski definition) is 0. The quantitative estimate of drug-likeness (QED) is 0.195. The minimum atomic E-state index is -0.262. The summed E-state index contributed by atoms with van der Waals surface area (Å²) in [6.45, 7) is 3.39. The Balaban J connectivity index is 1.25. The maximum absolute atomic E-state index is 13.0. The Morgan fingerprint density at radius 3 is 2.06 bits per heavy atom. The van der Waals surface area contributed by atoms with Crippen LogP contribution in [0.4, 0.5) is 4.39 Å². The van der Waals surface area contributed by atoms with Crippen LogP contribution in [0.15, 0.2) is 97.1 Å². The second-order valence-electron chi connectivity index (χ2n) is 8.53. The zero-order valence-electron chi connectivity index (χ0n) is 19.7. The summed E-state index contributed by atoms with van der Waals surface area (Å²) in [4.78, 5) is 1.26. The number of benzene rings is 4. The molecule has 1 heterocycles. The summed E-state index contributed by atoms with van der Waals surface area (Å²) < 4.78 is 25.9. The topological polar surface area (TPSA) is 18.5 Å². The van der Waals surface area contributed by atoms with Crippen molar-refractivity contribution < 1.29 is 13.9 Å². The lowest BCUT2D eigenvalue weighted by Crippen LogP contribution is -1.95. The molecule has 0 amide bonds. The number of ether oxygens (including phenoxy) is 2. The van der Waals surface area contributed by atoms with Gasteiger partial charge in [0.1, 0.15) is 23.9 Å². The molecule has 35 heavy (non-hydrogen) atoms. The molecule has 0 radical (unpaired) electrons. The molecule has 0 aliphatic heterocycles. The van der Waals surface area contributed by atoms with Crippen LogP contribution in [-0.4, -0.2) is 6.61 Å². The highest BCUT2D eigenvalue weighted by atomic mass is 32.1. The van der Waals surface area contributed by atoms with Gasteiger partial charge in [-0.25, -0.2) is 4.39 Å². The second-order valence-corrected chi connectivity index (χ2v) is 9.61. The van der Waals surface area contributed by atoms with E-state index in [1.54, 1.807) is 23.5 Å². The number of hydrogen-bond acceptors (Lipinski definition) is 3. The third-order valence-corrected chi connectivity index (χ3v) is 7.08. The highest BCUT2D eigenvalue weighted by Gasteiger charge is 2.07. The minimum Gasteiger partial charge on any atom is -0.494 e. The molecule has 0 saturated heterocycles. The fourth-order valence-corrected chi connectivity index (χ4v) is 4.99. The lowest BCUT2D eigenvalue weighted by molar-refractivity contribution is 0.306. The molecule has 0 unspecified atom stereocenters. The maximum atomic E-state index is 13.0. The van der Waals surface area contributed by atoms with Crippen molar-refractivity contribution in [2.45, 2.75) is 26.4 Å². The predicted molar refractivity (Wildman–Crippen MR) is 144 cm³/mol. The molecule has 4 aromatic carbocycles. The summed E-state index contributed by atoms with van der Waals surface area (Å²) in [5, 5.41) is 1.25. The average Bonchev–Trinajstić information content (AvgIpc) is 3.33. The summed E-state index contributed by atoms with van der Waals surface area (Å²) >= 11 is 1.80. The van der Waals surface area contributed by atoms with Crippen LogP contribution in [0.5, 0.6) is 11.5 Å². The van der Waals surface area contributed by atoms with Crippen LogP contribution >= 0.6 is 11.3 Å². The van der Waals surface area contributed by atoms with Crippen LogP contribution in [0.2, 0.25) is 0 Å². The Hall–Kier alpha value is -3.63. The van der Waals surface area contributed by atoms with Crippen LogP contribution < -0.4 is 9.47 Å². The van der Waals surface area contributed by atoms with Gasteiger partial charge < -0.3 is 9.47 Å². The monoisotopic (exact) mass is 482 g/mol. The molecule has 0 N–H and O–H groups in total. The zero-order valence-corrected chi connectivity index (χ0v) is 20.5. The first kappa shape index (κ1) is 23.1. The second kappa shape index (κ2) is 10.7. The van der Waals surface area contributed by atoms with Crippen LogP contribution in [0, 0.1) is 5.82 Å². The molecule has 0 saturated carbocycles. The van der Waals surface area contributed by atoms with Gasteiger partial charge in [-0.15, -0.1) is 11.3 Å². The Bertz CT molecular complexity index is 1390. The normalized spacial score (nSPS) is 11.0. The highest BCUT2D eigenvalue weighted by Crippen LogP contribution is 2.36. The van der Waals surface area contributed by atoms with Gasteiger partial charge in [-0.2, -0.15) is 0 Å². The van der Waals surface area contributed by atoms with Gasteiger partial charge in [0.15, 0.2) is 0 Å². The van der Waals surface area contributed by atoms with Crippen LogP contribution in [0.1, 0.15) is 25.3 Å². The number of unbranched alkanes of at least 4 members (excludes halogenated alkanes) is 1. The predicted octanol–water partition coefficient (Wildman–Crippen LogP) is 9.13. The number of thiophene rings is 1. The molecule has 0 aliphatic carbocycles. The van der Waals surface area contributed by atoms with Crippen molar-refractivity contribution in [2.24, 2.45) is 0 Å². The van der Waals surface area contributed by atoms with Crippen molar-refractivity contribution in [1.29, 1.82) is 0 Å². The fourth-order valence-electron chi connectivity index (χ4n) is 3.90. The molecule has 5 aromatic rings. The van der Waals surface area contributed by atoms with Gasteiger partial charge in [-0.05, 0) is 82.6 Å². The smallest absolute Gasteiger partial charge is 0.123 e. The number of rotatable bonds is 9. The van der Waals surface area contributed by atoms with E-state index in [1.807, 2.05) is 0 Å². The Morgan fingerprint density at radius 2 is 1.34 bits per heavy atom. The van der Waals surface area contributed by atoms with Crippen LogP contribution in [-0.2, 0) is 6.61 Å². The van der Waals surface area contributed by atoms with Crippen molar-refractivity contribution in [3.8, 4) is 33.1 Å². The fraction of sp³-hybridized carbons (Fsp3) is 0.161. The van der Waals surface area contributed by atoms with E-state index in [9.17, 15) is 4.39 Å². The van der Waals surface area contributed by atoms with Gasteiger partial charge in [-0.1, -0.05) is 61.9 Å². The summed E-state index contributed by atoms with van der Waals surface area (Å²) in [5.41, 5.74) is 4.62. The van der Waals surface area contributed by atoms with Crippen molar-refractivity contribution in [3.05, 3.63) is 108 Å². The molecule has 5 rings (SSSR count). The van der Waals surface area contributed by atoms with E-state index in [2.05, 4.69) is 79.7 Å². The molecule has 2 nitrogen and oxygen atoms in total. The lowest BCUT2D eigenvalue weighted by Gasteiger charge is -2.08. The van der Waals surface area contributed by atoms with Crippen molar-refractivity contribution >= 4 is 21.4 Å². The third-order valence-electron chi connectivity index (χ3n) is 5.93. The molecule has 176 valence electrons. The first-order valence-corrected chi connectivity index (χ1v) is 12.7.